The van der Waals surface area contributed by atoms with Gasteiger partial charge in [0.15, 0.2) is 5.78 Å². The fourth-order valence-electron chi connectivity index (χ4n) is 4.52. The molecule has 0 amide bonds. The van der Waals surface area contributed by atoms with Crippen molar-refractivity contribution in [3.8, 4) is 0 Å². The summed E-state index contributed by atoms with van der Waals surface area (Å²) in [5.41, 5.74) is 8.69. The molecule has 1 heteroatoms. The molecule has 0 bridgehead atoms. The van der Waals surface area contributed by atoms with Gasteiger partial charge in [0.05, 0.1) is 0 Å². The second-order valence-electron chi connectivity index (χ2n) is 8.25. The normalized spacial score (nSPS) is 18.1. The largest absolute Gasteiger partial charge is 0.294 e. The third kappa shape index (κ3) is 3.32. The van der Waals surface area contributed by atoms with E-state index in [9.17, 15) is 4.79 Å². The van der Waals surface area contributed by atoms with Gasteiger partial charge in [0.2, 0.25) is 0 Å². The Balaban J connectivity index is 1.62. The zero-order chi connectivity index (χ0) is 19.0. The zero-order valence-corrected chi connectivity index (χ0v) is 16.6. The van der Waals surface area contributed by atoms with Crippen molar-refractivity contribution in [3.63, 3.8) is 0 Å². The highest BCUT2D eigenvalue weighted by Gasteiger charge is 2.35. The summed E-state index contributed by atoms with van der Waals surface area (Å²) in [6, 6.07) is 15.3. The van der Waals surface area contributed by atoms with Crippen molar-refractivity contribution in [2.45, 2.75) is 52.9 Å². The standard InChI is InChI=1S/C26H28O/c1-4-26(5-2)16-23-13-12-22(15-24(23)25(27)17-26)21-11-10-20(14-21)19-8-6-18(3)7-9-19/h6-10,12-15H,4-5,11,16-17H2,1-3H3. The maximum Gasteiger partial charge on any atom is 0.163 e. The SMILES string of the molecule is CCC1(CC)CC(=O)c2cc(C3=CC(c4ccc(C)cc4)=CC3)ccc2C1. The lowest BCUT2D eigenvalue weighted by Crippen LogP contribution is -2.31. The number of ketones is 1. The molecule has 27 heavy (non-hydrogen) atoms. The molecule has 0 radical (unpaired) electrons. The van der Waals surface area contributed by atoms with Crippen LogP contribution in [0.25, 0.3) is 11.1 Å². The van der Waals surface area contributed by atoms with E-state index >= 15 is 0 Å². The number of benzene rings is 2. The Labute approximate surface area is 162 Å². The smallest absolute Gasteiger partial charge is 0.163 e. The predicted octanol–water partition coefficient (Wildman–Crippen LogP) is 6.80. The first-order chi connectivity index (χ1) is 13.0. The maximum atomic E-state index is 12.9. The fourth-order valence-corrected chi connectivity index (χ4v) is 4.52. The molecular formula is C26H28O. The molecule has 0 aliphatic heterocycles. The summed E-state index contributed by atoms with van der Waals surface area (Å²) < 4.78 is 0. The zero-order valence-electron chi connectivity index (χ0n) is 16.6. The molecule has 0 fully saturated rings. The van der Waals surface area contributed by atoms with Gasteiger partial charge in [0.1, 0.15) is 0 Å². The van der Waals surface area contributed by atoms with Crippen molar-refractivity contribution in [2.75, 3.05) is 0 Å². The topological polar surface area (TPSA) is 17.1 Å². The number of rotatable bonds is 4. The van der Waals surface area contributed by atoms with Gasteiger partial charge in [-0.05, 0) is 71.9 Å². The van der Waals surface area contributed by atoms with Gasteiger partial charge in [-0.2, -0.15) is 0 Å². The van der Waals surface area contributed by atoms with E-state index in [1.165, 1.54) is 33.4 Å². The molecule has 2 aromatic rings. The number of Topliss-reactive ketones (excluding diaryl/α,β-unsaturated/α-hetero) is 1. The molecule has 0 saturated heterocycles. The Hall–Kier alpha value is -2.41. The van der Waals surface area contributed by atoms with Gasteiger partial charge in [0.25, 0.3) is 0 Å². The average Bonchev–Trinajstić information content (AvgIpc) is 3.18. The molecular weight excluding hydrogens is 328 g/mol. The van der Waals surface area contributed by atoms with Crippen LogP contribution in [0.15, 0.2) is 54.6 Å². The van der Waals surface area contributed by atoms with E-state index in [0.717, 1.165) is 31.2 Å². The molecule has 0 atom stereocenters. The van der Waals surface area contributed by atoms with Crippen molar-refractivity contribution in [2.24, 2.45) is 5.41 Å². The van der Waals surface area contributed by atoms with Gasteiger partial charge in [-0.25, -0.2) is 0 Å². The first-order valence-corrected chi connectivity index (χ1v) is 10.2. The van der Waals surface area contributed by atoms with E-state index < -0.39 is 0 Å². The van der Waals surface area contributed by atoms with Crippen LogP contribution in [-0.2, 0) is 6.42 Å². The summed E-state index contributed by atoms with van der Waals surface area (Å²) in [4.78, 5) is 12.9. The molecule has 0 N–H and O–H groups in total. The number of hydrogen-bond donors (Lipinski definition) is 0. The molecule has 2 aliphatic rings. The molecule has 0 unspecified atom stereocenters. The Morgan fingerprint density at radius 2 is 1.63 bits per heavy atom. The Bertz CT molecular complexity index is 937. The lowest BCUT2D eigenvalue weighted by atomic mass is 9.67. The van der Waals surface area contributed by atoms with Gasteiger partial charge in [0, 0.05) is 12.0 Å². The highest BCUT2D eigenvalue weighted by Crippen LogP contribution is 2.42. The highest BCUT2D eigenvalue weighted by molar-refractivity contribution is 6.00. The van der Waals surface area contributed by atoms with Gasteiger partial charge in [-0.3, -0.25) is 4.79 Å². The molecule has 0 spiro atoms. The number of carbonyl (C=O) groups is 1. The Kier molecular flexibility index (Phi) is 4.63. The van der Waals surface area contributed by atoms with Crippen LogP contribution in [0.5, 0.6) is 0 Å². The lowest BCUT2D eigenvalue weighted by Gasteiger charge is -2.36. The van der Waals surface area contributed by atoms with Crippen molar-refractivity contribution in [1.29, 1.82) is 0 Å². The minimum absolute atomic E-state index is 0.165. The maximum absolute atomic E-state index is 12.9. The van der Waals surface area contributed by atoms with Crippen molar-refractivity contribution in [1.82, 2.24) is 0 Å². The predicted molar refractivity (Wildman–Crippen MR) is 114 cm³/mol. The third-order valence-corrected chi connectivity index (χ3v) is 6.64. The van der Waals surface area contributed by atoms with E-state index in [0.29, 0.717) is 12.2 Å². The number of aryl methyl sites for hydroxylation is 1. The number of fused-ring (bicyclic) bond motifs is 1. The van der Waals surface area contributed by atoms with Gasteiger partial charge >= 0.3 is 0 Å². The summed E-state index contributed by atoms with van der Waals surface area (Å²) in [5.74, 6) is 0.326. The molecule has 0 saturated carbocycles. The third-order valence-electron chi connectivity index (χ3n) is 6.64. The van der Waals surface area contributed by atoms with Crippen LogP contribution in [0.3, 0.4) is 0 Å². The average molecular weight is 357 g/mol. The lowest BCUT2D eigenvalue weighted by molar-refractivity contribution is 0.0871. The first kappa shape index (κ1) is 18.0. The van der Waals surface area contributed by atoms with E-state index in [1.807, 2.05) is 0 Å². The van der Waals surface area contributed by atoms with Crippen LogP contribution in [-0.4, -0.2) is 5.78 Å². The van der Waals surface area contributed by atoms with Gasteiger partial charge in [-0.1, -0.05) is 68.0 Å². The minimum atomic E-state index is 0.165. The highest BCUT2D eigenvalue weighted by atomic mass is 16.1. The first-order valence-electron chi connectivity index (χ1n) is 10.2. The minimum Gasteiger partial charge on any atom is -0.294 e. The van der Waals surface area contributed by atoms with Crippen LogP contribution in [0, 0.1) is 12.3 Å². The van der Waals surface area contributed by atoms with Crippen LogP contribution in [0.2, 0.25) is 0 Å². The van der Waals surface area contributed by atoms with E-state index in [4.69, 9.17) is 0 Å². The second kappa shape index (κ2) is 6.96. The molecule has 1 nitrogen and oxygen atoms in total. The number of carbonyl (C=O) groups excluding carboxylic acids is 1. The summed E-state index contributed by atoms with van der Waals surface area (Å²) in [7, 11) is 0. The fraction of sp³-hybridized carbons (Fsp3) is 0.346. The van der Waals surface area contributed by atoms with E-state index in [-0.39, 0.29) is 5.41 Å². The molecule has 4 rings (SSSR count). The van der Waals surface area contributed by atoms with Crippen LogP contribution >= 0.6 is 0 Å². The summed E-state index contributed by atoms with van der Waals surface area (Å²) in [6.45, 7) is 6.56. The Morgan fingerprint density at radius 1 is 0.926 bits per heavy atom. The van der Waals surface area contributed by atoms with Crippen LogP contribution in [0.1, 0.15) is 72.1 Å². The summed E-state index contributed by atoms with van der Waals surface area (Å²) >= 11 is 0. The van der Waals surface area contributed by atoms with Gasteiger partial charge < -0.3 is 0 Å². The number of allylic oxidation sites excluding steroid dienone is 4. The monoisotopic (exact) mass is 356 g/mol. The van der Waals surface area contributed by atoms with Crippen molar-refractivity contribution < 1.29 is 4.79 Å². The van der Waals surface area contributed by atoms with E-state index in [1.54, 1.807) is 0 Å². The summed E-state index contributed by atoms with van der Waals surface area (Å²) in [6.07, 6.45) is 9.39. The number of hydrogen-bond acceptors (Lipinski definition) is 1. The van der Waals surface area contributed by atoms with E-state index in [2.05, 4.69) is 75.4 Å². The van der Waals surface area contributed by atoms with Crippen LogP contribution < -0.4 is 0 Å². The summed E-state index contributed by atoms with van der Waals surface area (Å²) in [5, 5.41) is 0. The van der Waals surface area contributed by atoms with Crippen LogP contribution in [0.4, 0.5) is 0 Å². The van der Waals surface area contributed by atoms with Crippen molar-refractivity contribution >= 4 is 16.9 Å². The molecule has 0 aromatic heterocycles. The molecule has 2 aliphatic carbocycles. The molecule has 2 aromatic carbocycles. The molecule has 0 heterocycles. The van der Waals surface area contributed by atoms with Crippen molar-refractivity contribution in [3.05, 3.63) is 82.4 Å². The quantitative estimate of drug-likeness (QED) is 0.588. The Morgan fingerprint density at radius 3 is 2.33 bits per heavy atom. The molecule has 138 valence electrons. The second-order valence-corrected chi connectivity index (χ2v) is 8.25. The van der Waals surface area contributed by atoms with Gasteiger partial charge in [-0.15, -0.1) is 0 Å².